The number of carbonyl (C=O) groups is 4. The van der Waals surface area contributed by atoms with Gasteiger partial charge in [0.25, 0.3) is 43.9 Å². The molecule has 4 amide bonds. The van der Waals surface area contributed by atoms with Gasteiger partial charge in [-0.1, -0.05) is 6.07 Å². The number of carbonyl (C=O) groups excluding carboxylic acids is 4. The van der Waals surface area contributed by atoms with Crippen LogP contribution in [0.25, 0.3) is 10.8 Å². The molecule has 14 heteroatoms. The largest absolute Gasteiger partial charge is 0.297 e. The molecule has 3 aromatic rings. The van der Waals surface area contributed by atoms with E-state index in [1.54, 1.807) is 0 Å². The summed E-state index contributed by atoms with van der Waals surface area (Å²) in [5.41, 5.74) is -0.473. The van der Waals surface area contributed by atoms with Crippen LogP contribution in [-0.2, 0) is 30.2 Å². The SMILES string of the molecule is COS(=O)(=O)c1cc(N2C(=O)c3ccc4c5c(ccc(c35)C2=O)C(=O)N(C)C4=O)c(CS(=O)(=O)O)cc1C. The lowest BCUT2D eigenvalue weighted by atomic mass is 9.86. The van der Waals surface area contributed by atoms with Crippen molar-refractivity contribution < 1.29 is 44.7 Å². The highest BCUT2D eigenvalue weighted by Crippen LogP contribution is 2.40. The molecular weight excluding hydrogens is 540 g/mol. The van der Waals surface area contributed by atoms with Crippen molar-refractivity contribution >= 4 is 60.3 Å². The minimum absolute atomic E-state index is 0.0474. The predicted octanol–water partition coefficient (Wildman–Crippen LogP) is 1.90. The first-order chi connectivity index (χ1) is 17.7. The molecule has 196 valence electrons. The first-order valence-electron chi connectivity index (χ1n) is 10.9. The van der Waals surface area contributed by atoms with Gasteiger partial charge in [0, 0.05) is 40.1 Å². The summed E-state index contributed by atoms with van der Waals surface area (Å²) in [4.78, 5) is 54.0. The zero-order chi connectivity index (χ0) is 27.9. The molecule has 0 radical (unpaired) electrons. The number of amides is 4. The zero-order valence-corrected chi connectivity index (χ0v) is 21.6. The number of rotatable bonds is 5. The standard InChI is InChI=1S/C24H18N2O10S2/c1-11-8-12(10-37(31,32)33)17(9-18(11)38(34,35)36-3)26-23(29)15-6-4-13-19-14(22(28)25(2)21(13)27)5-7-16(20(15)19)24(26)30/h4-9H,10H2,1-3H3,(H,31,32,33). The topological polar surface area (TPSA) is 172 Å². The van der Waals surface area contributed by atoms with Crippen molar-refractivity contribution in [1.29, 1.82) is 0 Å². The first-order valence-corrected chi connectivity index (χ1v) is 13.9. The molecule has 2 aliphatic heterocycles. The Morgan fingerprint density at radius 1 is 0.789 bits per heavy atom. The maximum absolute atomic E-state index is 13.7. The average Bonchev–Trinajstić information content (AvgIpc) is 2.84. The molecule has 0 unspecified atom stereocenters. The second-order valence-electron chi connectivity index (χ2n) is 8.78. The van der Waals surface area contributed by atoms with Crippen LogP contribution in [0.1, 0.15) is 52.6 Å². The number of aryl methyl sites for hydroxylation is 1. The van der Waals surface area contributed by atoms with E-state index in [-0.39, 0.29) is 44.2 Å². The van der Waals surface area contributed by atoms with Crippen LogP contribution in [0, 0.1) is 6.92 Å². The molecule has 0 fully saturated rings. The Labute approximate surface area is 216 Å². The molecule has 3 aromatic carbocycles. The third-order valence-corrected chi connectivity index (χ3v) is 8.63. The van der Waals surface area contributed by atoms with Crippen LogP contribution >= 0.6 is 0 Å². The van der Waals surface area contributed by atoms with Crippen molar-refractivity contribution in [1.82, 2.24) is 4.90 Å². The summed E-state index contributed by atoms with van der Waals surface area (Å²) < 4.78 is 62.6. The molecule has 0 spiro atoms. The molecule has 0 saturated carbocycles. The normalized spacial score (nSPS) is 15.6. The molecule has 2 aliphatic rings. The van der Waals surface area contributed by atoms with E-state index in [0.717, 1.165) is 24.1 Å². The summed E-state index contributed by atoms with van der Waals surface area (Å²) >= 11 is 0. The summed E-state index contributed by atoms with van der Waals surface area (Å²) in [5, 5.41) is 0.216. The van der Waals surface area contributed by atoms with Gasteiger partial charge in [-0.25, -0.2) is 4.90 Å². The molecular formula is C24H18N2O10S2. The van der Waals surface area contributed by atoms with Crippen LogP contribution in [0.2, 0.25) is 0 Å². The van der Waals surface area contributed by atoms with E-state index in [0.29, 0.717) is 4.90 Å². The smallest absolute Gasteiger partial charge is 0.285 e. The molecule has 0 bridgehead atoms. The Balaban J connectivity index is 1.80. The van der Waals surface area contributed by atoms with Gasteiger partial charge in [0.2, 0.25) is 0 Å². The van der Waals surface area contributed by atoms with E-state index in [1.807, 2.05) is 0 Å². The van der Waals surface area contributed by atoms with Crippen molar-refractivity contribution in [3.63, 3.8) is 0 Å². The molecule has 0 aliphatic carbocycles. The highest BCUT2D eigenvalue weighted by molar-refractivity contribution is 7.86. The number of hydrogen-bond donors (Lipinski definition) is 1. The van der Waals surface area contributed by atoms with E-state index >= 15 is 0 Å². The number of imide groups is 2. The van der Waals surface area contributed by atoms with Crippen LogP contribution < -0.4 is 4.90 Å². The van der Waals surface area contributed by atoms with Gasteiger partial charge in [0.05, 0.1) is 17.7 Å². The maximum atomic E-state index is 13.7. The van der Waals surface area contributed by atoms with Crippen LogP contribution in [-0.4, -0.2) is 64.1 Å². The minimum Gasteiger partial charge on any atom is -0.285 e. The van der Waals surface area contributed by atoms with Gasteiger partial charge >= 0.3 is 0 Å². The van der Waals surface area contributed by atoms with Crippen molar-refractivity contribution in [3.8, 4) is 0 Å². The van der Waals surface area contributed by atoms with E-state index < -0.39 is 60.2 Å². The summed E-state index contributed by atoms with van der Waals surface area (Å²) in [5.74, 6) is -4.16. The van der Waals surface area contributed by atoms with Gasteiger partial charge in [-0.15, -0.1) is 0 Å². The summed E-state index contributed by atoms with van der Waals surface area (Å²) in [6.45, 7) is 1.35. The first kappa shape index (κ1) is 25.7. The fourth-order valence-electron chi connectivity index (χ4n) is 4.83. The molecule has 0 aromatic heterocycles. The third kappa shape index (κ3) is 3.64. The molecule has 0 saturated heterocycles. The van der Waals surface area contributed by atoms with Gasteiger partial charge < -0.3 is 0 Å². The lowest BCUT2D eigenvalue weighted by Gasteiger charge is -2.32. The van der Waals surface area contributed by atoms with Crippen molar-refractivity contribution in [2.75, 3.05) is 19.1 Å². The Kier molecular flexibility index (Phi) is 5.58. The fourth-order valence-corrected chi connectivity index (χ4v) is 6.34. The van der Waals surface area contributed by atoms with Crippen molar-refractivity contribution in [2.24, 2.45) is 0 Å². The van der Waals surface area contributed by atoms with E-state index in [9.17, 15) is 40.6 Å². The molecule has 0 atom stereocenters. The average molecular weight is 559 g/mol. The number of anilines is 1. The molecule has 5 rings (SSSR count). The van der Waals surface area contributed by atoms with Crippen molar-refractivity contribution in [2.45, 2.75) is 17.6 Å². The van der Waals surface area contributed by atoms with Crippen LogP contribution in [0.15, 0.2) is 41.3 Å². The lowest BCUT2D eigenvalue weighted by Crippen LogP contribution is -2.43. The second-order valence-corrected chi connectivity index (χ2v) is 11.9. The molecule has 38 heavy (non-hydrogen) atoms. The van der Waals surface area contributed by atoms with E-state index in [4.69, 9.17) is 0 Å². The van der Waals surface area contributed by atoms with Gasteiger partial charge in [-0.2, -0.15) is 16.8 Å². The maximum Gasteiger partial charge on any atom is 0.297 e. The van der Waals surface area contributed by atoms with Gasteiger partial charge in [0.1, 0.15) is 5.75 Å². The fraction of sp³-hybridized carbons (Fsp3) is 0.167. The Hall–Kier alpha value is -3.98. The summed E-state index contributed by atoms with van der Waals surface area (Å²) in [6.07, 6.45) is 0. The van der Waals surface area contributed by atoms with E-state index in [1.165, 1.54) is 38.2 Å². The minimum atomic E-state index is -4.68. The zero-order valence-electron chi connectivity index (χ0n) is 20.0. The van der Waals surface area contributed by atoms with Crippen LogP contribution in [0.4, 0.5) is 5.69 Å². The Bertz CT molecular complexity index is 1810. The lowest BCUT2D eigenvalue weighted by molar-refractivity contribution is 0.0649. The highest BCUT2D eigenvalue weighted by Gasteiger charge is 2.40. The van der Waals surface area contributed by atoms with Crippen molar-refractivity contribution in [3.05, 3.63) is 69.8 Å². The Morgan fingerprint density at radius 3 is 1.66 bits per heavy atom. The van der Waals surface area contributed by atoms with E-state index in [2.05, 4.69) is 4.18 Å². The molecule has 1 N–H and O–H groups in total. The van der Waals surface area contributed by atoms with Gasteiger partial charge in [0.15, 0.2) is 0 Å². The van der Waals surface area contributed by atoms with Gasteiger partial charge in [-0.3, -0.25) is 32.8 Å². The van der Waals surface area contributed by atoms with Gasteiger partial charge in [-0.05, 0) is 48.4 Å². The Morgan fingerprint density at radius 2 is 1.24 bits per heavy atom. The monoisotopic (exact) mass is 558 g/mol. The number of benzene rings is 3. The highest BCUT2D eigenvalue weighted by atomic mass is 32.2. The predicted molar refractivity (Wildman–Crippen MR) is 132 cm³/mol. The molecule has 12 nitrogen and oxygen atoms in total. The second kappa shape index (κ2) is 8.26. The summed E-state index contributed by atoms with van der Waals surface area (Å²) in [6, 6.07) is 7.35. The quantitative estimate of drug-likeness (QED) is 0.277. The molecule has 2 heterocycles. The summed E-state index contributed by atoms with van der Waals surface area (Å²) in [7, 11) is -6.81. The van der Waals surface area contributed by atoms with Crippen LogP contribution in [0.5, 0.6) is 0 Å². The number of hydrogen-bond acceptors (Lipinski definition) is 9. The third-order valence-electron chi connectivity index (χ3n) is 6.54. The number of nitrogens with zero attached hydrogens (tertiary/aromatic N) is 2. The van der Waals surface area contributed by atoms with Crippen LogP contribution in [0.3, 0.4) is 0 Å².